The molecule has 2 heterocycles. The average Bonchev–Trinajstić information content (AvgIpc) is 3.08. The van der Waals surface area contributed by atoms with E-state index in [-0.39, 0.29) is 11.9 Å². The van der Waals surface area contributed by atoms with E-state index in [2.05, 4.69) is 41.0 Å². The second kappa shape index (κ2) is 6.75. The molecule has 0 saturated carbocycles. The maximum Gasteiger partial charge on any atom is 0.261 e. The van der Waals surface area contributed by atoms with E-state index in [9.17, 15) is 4.79 Å². The van der Waals surface area contributed by atoms with Crippen LogP contribution in [0.4, 0.5) is 0 Å². The SMILES string of the molecule is O=C(NC1CCCNC1)c1cc2c(-c3ccccc3)cccc2s1. The van der Waals surface area contributed by atoms with E-state index in [0.29, 0.717) is 0 Å². The van der Waals surface area contributed by atoms with Crippen LogP contribution in [0.3, 0.4) is 0 Å². The number of piperidine rings is 1. The van der Waals surface area contributed by atoms with Gasteiger partial charge in [0.1, 0.15) is 0 Å². The van der Waals surface area contributed by atoms with Crippen molar-refractivity contribution in [3.8, 4) is 11.1 Å². The molecule has 1 unspecified atom stereocenters. The fourth-order valence-corrected chi connectivity index (χ4v) is 4.26. The van der Waals surface area contributed by atoms with Gasteiger partial charge in [-0.2, -0.15) is 0 Å². The first-order chi connectivity index (χ1) is 11.8. The Morgan fingerprint density at radius 2 is 2.00 bits per heavy atom. The summed E-state index contributed by atoms with van der Waals surface area (Å²) in [5, 5.41) is 7.66. The van der Waals surface area contributed by atoms with Gasteiger partial charge < -0.3 is 10.6 Å². The quantitative estimate of drug-likeness (QED) is 0.757. The summed E-state index contributed by atoms with van der Waals surface area (Å²) in [5.74, 6) is 0.0453. The van der Waals surface area contributed by atoms with Crippen LogP contribution in [-0.4, -0.2) is 25.0 Å². The fourth-order valence-electron chi connectivity index (χ4n) is 3.27. The monoisotopic (exact) mass is 336 g/mol. The highest BCUT2D eigenvalue weighted by molar-refractivity contribution is 7.20. The summed E-state index contributed by atoms with van der Waals surface area (Å²) in [6.45, 7) is 1.92. The third-order valence-electron chi connectivity index (χ3n) is 4.50. The van der Waals surface area contributed by atoms with Crippen LogP contribution in [-0.2, 0) is 0 Å². The molecule has 24 heavy (non-hydrogen) atoms. The molecule has 1 atom stereocenters. The average molecular weight is 336 g/mol. The molecule has 1 fully saturated rings. The Balaban J connectivity index is 1.64. The molecule has 0 spiro atoms. The van der Waals surface area contributed by atoms with E-state index in [1.807, 2.05) is 24.3 Å². The maximum atomic E-state index is 12.6. The number of fused-ring (bicyclic) bond motifs is 1. The van der Waals surface area contributed by atoms with Crippen LogP contribution >= 0.6 is 11.3 Å². The van der Waals surface area contributed by atoms with Crippen LogP contribution in [0.25, 0.3) is 21.2 Å². The normalized spacial score (nSPS) is 17.8. The summed E-state index contributed by atoms with van der Waals surface area (Å²) in [7, 11) is 0. The number of nitrogens with one attached hydrogen (secondary N) is 2. The van der Waals surface area contributed by atoms with Crippen molar-refractivity contribution in [3.63, 3.8) is 0 Å². The highest BCUT2D eigenvalue weighted by atomic mass is 32.1. The van der Waals surface area contributed by atoms with Gasteiger partial charge in [0.2, 0.25) is 0 Å². The summed E-state index contributed by atoms with van der Waals surface area (Å²) in [6.07, 6.45) is 2.18. The minimum Gasteiger partial charge on any atom is -0.347 e. The van der Waals surface area contributed by atoms with Crippen LogP contribution in [0.1, 0.15) is 22.5 Å². The van der Waals surface area contributed by atoms with Gasteiger partial charge in [0.25, 0.3) is 5.91 Å². The fraction of sp³-hybridized carbons (Fsp3) is 0.250. The Bertz CT molecular complexity index is 850. The lowest BCUT2D eigenvalue weighted by atomic mass is 10.0. The van der Waals surface area contributed by atoms with Gasteiger partial charge in [-0.05, 0) is 42.6 Å². The van der Waals surface area contributed by atoms with Gasteiger partial charge in [0, 0.05) is 22.7 Å². The Morgan fingerprint density at radius 1 is 1.12 bits per heavy atom. The van der Waals surface area contributed by atoms with Crippen LogP contribution in [0, 0.1) is 0 Å². The number of amides is 1. The van der Waals surface area contributed by atoms with Gasteiger partial charge in [-0.15, -0.1) is 11.3 Å². The van der Waals surface area contributed by atoms with Crippen LogP contribution in [0.2, 0.25) is 0 Å². The highest BCUT2D eigenvalue weighted by Gasteiger charge is 2.18. The zero-order valence-corrected chi connectivity index (χ0v) is 14.2. The van der Waals surface area contributed by atoms with Crippen molar-refractivity contribution in [2.75, 3.05) is 13.1 Å². The van der Waals surface area contributed by atoms with Crippen LogP contribution in [0.15, 0.2) is 54.6 Å². The zero-order chi connectivity index (χ0) is 16.4. The third-order valence-corrected chi connectivity index (χ3v) is 5.60. The van der Waals surface area contributed by atoms with E-state index < -0.39 is 0 Å². The summed E-state index contributed by atoms with van der Waals surface area (Å²) in [5.41, 5.74) is 2.37. The first-order valence-corrected chi connectivity index (χ1v) is 9.22. The molecule has 1 aliphatic rings. The number of hydrogen-bond acceptors (Lipinski definition) is 3. The van der Waals surface area contributed by atoms with E-state index in [0.717, 1.165) is 40.9 Å². The molecule has 0 aliphatic carbocycles. The van der Waals surface area contributed by atoms with Gasteiger partial charge in [0.05, 0.1) is 4.88 Å². The van der Waals surface area contributed by atoms with E-state index >= 15 is 0 Å². The second-order valence-corrected chi connectivity index (χ2v) is 7.29. The van der Waals surface area contributed by atoms with Gasteiger partial charge in [-0.3, -0.25) is 4.79 Å². The van der Waals surface area contributed by atoms with Crippen molar-refractivity contribution in [1.29, 1.82) is 0 Å². The molecule has 3 nitrogen and oxygen atoms in total. The number of rotatable bonds is 3. The van der Waals surface area contributed by atoms with Crippen molar-refractivity contribution < 1.29 is 4.79 Å². The molecule has 4 rings (SSSR count). The summed E-state index contributed by atoms with van der Waals surface area (Å²) in [4.78, 5) is 13.4. The molecule has 0 bridgehead atoms. The van der Waals surface area contributed by atoms with Crippen molar-refractivity contribution in [2.45, 2.75) is 18.9 Å². The predicted molar refractivity (Wildman–Crippen MR) is 101 cm³/mol. The Morgan fingerprint density at radius 3 is 2.79 bits per heavy atom. The largest absolute Gasteiger partial charge is 0.347 e. The summed E-state index contributed by atoms with van der Waals surface area (Å²) in [6, 6.07) is 18.9. The number of thiophene rings is 1. The second-order valence-electron chi connectivity index (χ2n) is 6.21. The molecule has 3 aromatic rings. The Labute approximate surface area is 145 Å². The molecule has 1 aromatic heterocycles. The van der Waals surface area contributed by atoms with Gasteiger partial charge >= 0.3 is 0 Å². The van der Waals surface area contributed by atoms with Gasteiger partial charge in [-0.25, -0.2) is 0 Å². The molecule has 2 N–H and O–H groups in total. The van der Waals surface area contributed by atoms with Crippen molar-refractivity contribution in [2.24, 2.45) is 0 Å². The number of benzene rings is 2. The van der Waals surface area contributed by atoms with Crippen molar-refractivity contribution in [3.05, 3.63) is 59.5 Å². The molecule has 1 amide bonds. The minimum absolute atomic E-state index is 0.0453. The Kier molecular flexibility index (Phi) is 4.32. The molecule has 1 aliphatic heterocycles. The molecule has 1 saturated heterocycles. The van der Waals surface area contributed by atoms with Crippen molar-refractivity contribution >= 4 is 27.3 Å². The van der Waals surface area contributed by atoms with E-state index in [4.69, 9.17) is 0 Å². The lowest BCUT2D eigenvalue weighted by Gasteiger charge is -2.23. The first-order valence-electron chi connectivity index (χ1n) is 8.41. The number of carbonyl (C=O) groups excluding carboxylic acids is 1. The van der Waals surface area contributed by atoms with Gasteiger partial charge in [-0.1, -0.05) is 42.5 Å². The highest BCUT2D eigenvalue weighted by Crippen LogP contribution is 2.34. The summed E-state index contributed by atoms with van der Waals surface area (Å²) >= 11 is 1.57. The number of hydrogen-bond donors (Lipinski definition) is 2. The predicted octanol–water partition coefficient (Wildman–Crippen LogP) is 4.05. The molecular weight excluding hydrogens is 316 g/mol. The molecular formula is C20H20N2OS. The molecule has 122 valence electrons. The minimum atomic E-state index is 0.0453. The lowest BCUT2D eigenvalue weighted by Crippen LogP contribution is -2.45. The van der Waals surface area contributed by atoms with E-state index in [1.54, 1.807) is 11.3 Å². The first kappa shape index (κ1) is 15.4. The smallest absolute Gasteiger partial charge is 0.261 e. The number of carbonyl (C=O) groups is 1. The topological polar surface area (TPSA) is 41.1 Å². The maximum absolute atomic E-state index is 12.6. The van der Waals surface area contributed by atoms with Crippen LogP contribution < -0.4 is 10.6 Å². The lowest BCUT2D eigenvalue weighted by molar-refractivity contribution is 0.0935. The summed E-state index contributed by atoms with van der Waals surface area (Å²) < 4.78 is 1.16. The molecule has 0 radical (unpaired) electrons. The third kappa shape index (κ3) is 3.07. The van der Waals surface area contributed by atoms with Crippen molar-refractivity contribution in [1.82, 2.24) is 10.6 Å². The zero-order valence-electron chi connectivity index (χ0n) is 13.4. The Hall–Kier alpha value is -2.17. The van der Waals surface area contributed by atoms with Gasteiger partial charge in [0.15, 0.2) is 0 Å². The van der Waals surface area contributed by atoms with Crippen LogP contribution in [0.5, 0.6) is 0 Å². The molecule has 2 aromatic carbocycles. The molecule has 4 heteroatoms. The standard InChI is InChI=1S/C20H20N2OS/c23-20(22-15-8-5-11-21-13-15)19-12-17-16(9-4-10-18(17)24-19)14-6-2-1-3-7-14/h1-4,6-7,9-10,12,15,21H,5,8,11,13H2,(H,22,23). The van der Waals surface area contributed by atoms with E-state index in [1.165, 1.54) is 11.1 Å².